The fourth-order valence-corrected chi connectivity index (χ4v) is 4.14. The second-order valence-electron chi connectivity index (χ2n) is 7.76. The first-order valence-corrected chi connectivity index (χ1v) is 13.0. The van der Waals surface area contributed by atoms with E-state index in [-0.39, 0.29) is 17.5 Å². The van der Waals surface area contributed by atoms with E-state index in [1.807, 2.05) is 13.1 Å². The summed E-state index contributed by atoms with van der Waals surface area (Å²) in [5.41, 5.74) is 4.83. The summed E-state index contributed by atoms with van der Waals surface area (Å²) < 4.78 is 33.7. The van der Waals surface area contributed by atoms with Crippen LogP contribution in [-0.2, 0) is 25.5 Å². The molecular formula is C15H25FN3O4PSSi. The van der Waals surface area contributed by atoms with E-state index >= 15 is 4.39 Å². The van der Waals surface area contributed by atoms with Gasteiger partial charge < -0.3 is 19.4 Å². The van der Waals surface area contributed by atoms with Gasteiger partial charge >= 0.3 is 5.69 Å². The first-order valence-electron chi connectivity index (χ1n) is 8.24. The maximum atomic E-state index is 15.3. The molecule has 1 aromatic rings. The predicted molar refractivity (Wildman–Crippen MR) is 104 cm³/mol. The highest BCUT2D eigenvalue weighted by Gasteiger charge is 2.51. The molecule has 2 N–H and O–H groups in total. The molecule has 1 saturated heterocycles. The summed E-state index contributed by atoms with van der Waals surface area (Å²) in [6.07, 6.45) is -2.87. The number of alkyl halides is 1. The molecule has 0 aromatic carbocycles. The molecule has 2 heterocycles. The fraction of sp³-hybridized carbons (Fsp3) is 0.733. The summed E-state index contributed by atoms with van der Waals surface area (Å²) >= 11 is 4.77. The van der Waals surface area contributed by atoms with Crippen molar-refractivity contribution >= 4 is 33.5 Å². The normalized spacial score (nSPS) is 27.2. The minimum atomic E-state index is -2.27. The quantitative estimate of drug-likeness (QED) is 0.558. The van der Waals surface area contributed by atoms with E-state index in [1.165, 1.54) is 12.3 Å². The van der Waals surface area contributed by atoms with E-state index in [1.54, 1.807) is 0 Å². The lowest BCUT2D eigenvalue weighted by atomic mass is 10.1. The molecule has 26 heavy (non-hydrogen) atoms. The summed E-state index contributed by atoms with van der Waals surface area (Å²) in [5, 5.41) is -0.105. The van der Waals surface area contributed by atoms with Crippen LogP contribution in [0, 0.1) is 0 Å². The second kappa shape index (κ2) is 8.08. The maximum absolute atomic E-state index is 15.3. The Balaban J connectivity index is 2.32. The van der Waals surface area contributed by atoms with Crippen LogP contribution in [0.3, 0.4) is 0 Å². The predicted octanol–water partition coefficient (Wildman–Crippen LogP) is 2.79. The van der Waals surface area contributed by atoms with Crippen LogP contribution in [0.5, 0.6) is 0 Å². The second-order valence-corrected chi connectivity index (χ2v) is 13.4. The molecule has 0 spiro atoms. The van der Waals surface area contributed by atoms with E-state index in [2.05, 4.69) is 25.8 Å². The third-order valence-corrected chi connectivity index (χ3v) is 9.97. The zero-order valence-corrected chi connectivity index (χ0v) is 18.2. The molecule has 2 rings (SSSR count). The van der Waals surface area contributed by atoms with Crippen molar-refractivity contribution in [2.24, 2.45) is 0 Å². The van der Waals surface area contributed by atoms with E-state index < -0.39 is 38.6 Å². The van der Waals surface area contributed by atoms with Crippen LogP contribution >= 0.6 is 7.58 Å². The van der Waals surface area contributed by atoms with Gasteiger partial charge in [-0.2, -0.15) is 4.98 Å². The highest BCUT2D eigenvalue weighted by molar-refractivity contribution is 7.94. The molecule has 1 fully saturated rings. The third kappa shape index (κ3) is 4.55. The molecule has 1 aliphatic heterocycles. The molecule has 11 heteroatoms. The minimum absolute atomic E-state index is 0.0681. The van der Waals surface area contributed by atoms with Crippen molar-refractivity contribution in [3.8, 4) is 0 Å². The number of halogens is 1. The Morgan fingerprint density at radius 3 is 2.69 bits per heavy atom. The minimum Gasteiger partial charge on any atom is -0.408 e. The molecule has 0 bridgehead atoms. The Morgan fingerprint density at radius 2 is 2.15 bits per heavy atom. The lowest BCUT2D eigenvalue weighted by Gasteiger charge is -2.39. The van der Waals surface area contributed by atoms with Crippen molar-refractivity contribution in [1.29, 1.82) is 0 Å². The summed E-state index contributed by atoms with van der Waals surface area (Å²) in [6, 6.07) is 1.42. The Hall–Kier alpha value is -0.773. The molecule has 0 aliphatic carbocycles. The van der Waals surface area contributed by atoms with Crippen molar-refractivity contribution in [2.45, 2.75) is 63.5 Å². The van der Waals surface area contributed by atoms with Crippen LogP contribution in [0.4, 0.5) is 10.2 Å². The van der Waals surface area contributed by atoms with Crippen molar-refractivity contribution in [3.63, 3.8) is 0 Å². The van der Waals surface area contributed by atoms with Gasteiger partial charge in [0.2, 0.25) is 0 Å². The Labute approximate surface area is 160 Å². The van der Waals surface area contributed by atoms with Crippen molar-refractivity contribution < 1.29 is 18.1 Å². The van der Waals surface area contributed by atoms with Gasteiger partial charge in [-0.25, -0.2) is 9.18 Å². The number of aromatic nitrogens is 2. The van der Waals surface area contributed by atoms with Gasteiger partial charge in [0.15, 0.2) is 20.7 Å². The van der Waals surface area contributed by atoms with Gasteiger partial charge in [0.05, 0.1) is 6.61 Å². The fourth-order valence-electron chi connectivity index (χ4n) is 2.43. The van der Waals surface area contributed by atoms with Gasteiger partial charge in [-0.05, 0) is 36.0 Å². The summed E-state index contributed by atoms with van der Waals surface area (Å²) in [7, 11) is -1.98. The molecule has 7 nitrogen and oxygen atoms in total. The average Bonchev–Trinajstić information content (AvgIpc) is 2.80. The van der Waals surface area contributed by atoms with Crippen molar-refractivity contribution in [1.82, 2.24) is 9.55 Å². The number of nitrogen functional groups attached to an aromatic ring is 1. The van der Waals surface area contributed by atoms with E-state index in [4.69, 9.17) is 31.2 Å². The van der Waals surface area contributed by atoms with E-state index in [0.29, 0.717) is 7.58 Å². The van der Waals surface area contributed by atoms with Gasteiger partial charge in [0.25, 0.3) is 0 Å². The molecule has 0 amide bonds. The molecule has 0 radical (unpaired) electrons. The van der Waals surface area contributed by atoms with Crippen LogP contribution < -0.4 is 11.4 Å². The van der Waals surface area contributed by atoms with E-state index in [9.17, 15) is 4.79 Å². The highest BCUT2D eigenvalue weighted by atomic mass is 32.4. The van der Waals surface area contributed by atoms with Crippen molar-refractivity contribution in [2.75, 3.05) is 12.3 Å². The number of rotatable bonds is 6. The number of nitrogens with two attached hydrogens (primary N) is 1. The summed E-state index contributed by atoms with van der Waals surface area (Å²) in [5.74, 6) is 0.0681. The van der Waals surface area contributed by atoms with Crippen LogP contribution in [-0.4, -0.2) is 42.9 Å². The average molecular weight is 422 g/mol. The van der Waals surface area contributed by atoms with Gasteiger partial charge in [0, 0.05) is 6.20 Å². The smallest absolute Gasteiger partial charge is 0.351 e. The molecule has 0 saturated carbocycles. The lowest BCUT2D eigenvalue weighted by Crippen LogP contribution is -2.49. The number of ether oxygens (including phenoxy) is 1. The monoisotopic (exact) mass is 421 g/mol. The van der Waals surface area contributed by atoms with Crippen LogP contribution in [0.25, 0.3) is 0 Å². The zero-order valence-electron chi connectivity index (χ0n) is 15.5. The molecule has 4 atom stereocenters. The standard InChI is InChI=1S/C15H25FN3O4PSSi/c1-15(2,3)26(4,5)23-12-9(8-21-24-25)22-13(11(12)16)19-7-6-10(17)18-14(19)20/h6-7,9,11-13H,8H2,1-5H3,(H2,17,18,20)/t9-,11-,12?,13-/m1/s1. The van der Waals surface area contributed by atoms with Gasteiger partial charge in [-0.15, -0.1) is 0 Å². The highest BCUT2D eigenvalue weighted by Crippen LogP contribution is 2.42. The molecule has 1 unspecified atom stereocenters. The third-order valence-electron chi connectivity index (χ3n) is 4.92. The van der Waals surface area contributed by atoms with Gasteiger partial charge in [-0.3, -0.25) is 4.57 Å². The molecule has 1 aromatic heterocycles. The SMILES string of the molecule is CC(C)(C)[Si](C)(C)OC1[C@@H](F)[C@H](n2ccc(N)nc2=O)O[C@@H]1COP=S. The van der Waals surface area contributed by atoms with Crippen LogP contribution in [0.2, 0.25) is 18.1 Å². The maximum Gasteiger partial charge on any atom is 0.351 e. The Bertz CT molecular complexity index is 715. The molecule has 1 aliphatic rings. The number of hydrogen-bond acceptors (Lipinski definition) is 7. The zero-order chi connectivity index (χ0) is 19.7. The molecular weight excluding hydrogens is 396 g/mol. The topological polar surface area (TPSA) is 88.6 Å². The first-order chi connectivity index (χ1) is 12.0. The Morgan fingerprint density at radius 1 is 1.50 bits per heavy atom. The number of hydrogen-bond donors (Lipinski definition) is 1. The van der Waals surface area contributed by atoms with Gasteiger partial charge in [0.1, 0.15) is 25.6 Å². The van der Waals surface area contributed by atoms with Crippen LogP contribution in [0.1, 0.15) is 27.0 Å². The lowest BCUT2D eigenvalue weighted by molar-refractivity contribution is -0.0411. The van der Waals surface area contributed by atoms with Crippen LogP contribution in [0.15, 0.2) is 17.1 Å². The number of anilines is 1. The number of nitrogens with zero attached hydrogens (tertiary/aromatic N) is 2. The van der Waals surface area contributed by atoms with Crippen molar-refractivity contribution in [3.05, 3.63) is 22.7 Å². The Kier molecular flexibility index (Phi) is 6.69. The first kappa shape index (κ1) is 21.5. The largest absolute Gasteiger partial charge is 0.408 e. The summed E-state index contributed by atoms with van der Waals surface area (Å²) in [4.78, 5) is 15.7. The van der Waals surface area contributed by atoms with E-state index in [0.717, 1.165) is 4.57 Å². The summed E-state index contributed by atoms with van der Waals surface area (Å²) in [6.45, 7) is 10.4. The molecule has 146 valence electrons. The van der Waals surface area contributed by atoms with Gasteiger partial charge in [-0.1, -0.05) is 20.8 Å².